The van der Waals surface area contributed by atoms with Gasteiger partial charge in [-0.25, -0.2) is 9.97 Å². The summed E-state index contributed by atoms with van der Waals surface area (Å²) in [6, 6.07) is 20.2. The Kier molecular flexibility index (Phi) is 6.74. The highest BCUT2D eigenvalue weighted by molar-refractivity contribution is 6.09. The summed E-state index contributed by atoms with van der Waals surface area (Å²) < 4.78 is 135. The van der Waals surface area contributed by atoms with Crippen LogP contribution in [0.3, 0.4) is 0 Å². The van der Waals surface area contributed by atoms with Crippen LogP contribution in [0.15, 0.2) is 170 Å². The van der Waals surface area contributed by atoms with Gasteiger partial charge >= 0.3 is 0 Å². The van der Waals surface area contributed by atoms with Crippen molar-refractivity contribution in [2.75, 3.05) is 0 Å². The highest BCUT2D eigenvalue weighted by atomic mass is 16.5. The van der Waals surface area contributed by atoms with Gasteiger partial charge in [-0.3, -0.25) is 18.7 Å². The minimum Gasteiger partial charge on any atom is -0.440 e. The van der Waals surface area contributed by atoms with Crippen LogP contribution in [-0.4, -0.2) is 24.1 Å². The number of aromatic nitrogens is 6. The Bertz CT molecular complexity index is 3940. The lowest BCUT2D eigenvalue weighted by atomic mass is 9.88. The molecule has 0 radical (unpaired) electrons. The van der Waals surface area contributed by atoms with E-state index >= 15 is 0 Å². The number of benzene rings is 5. The second-order valence-electron chi connectivity index (χ2n) is 17.2. The van der Waals surface area contributed by atoms with Gasteiger partial charge in [-0.2, -0.15) is 0 Å². The quantitative estimate of drug-likeness (QED) is 0.107. The summed E-state index contributed by atoms with van der Waals surface area (Å²) in [4.78, 5) is 14.0. The maximum atomic E-state index is 9.12. The van der Waals surface area contributed by atoms with Crippen molar-refractivity contribution in [1.82, 2.24) is 24.1 Å². The van der Waals surface area contributed by atoms with Gasteiger partial charge in [0, 0.05) is 52.7 Å². The molecule has 0 aliphatic rings. The smallest absolute Gasteiger partial charge is 0.269 e. The molecule has 0 aliphatic heterocycles. The lowest BCUT2D eigenvalue weighted by Gasteiger charge is -2.19. The molecule has 10 rings (SSSR count). The summed E-state index contributed by atoms with van der Waals surface area (Å²) >= 11 is 0. The Balaban J connectivity index is 1.15. The highest BCUT2D eigenvalue weighted by Gasteiger charge is 2.22. The van der Waals surface area contributed by atoms with Gasteiger partial charge in [0.1, 0.15) is 11.6 Å². The molecule has 7 nitrogen and oxygen atoms in total. The predicted octanol–water partition coefficient (Wildman–Crippen LogP) is 13.3. The van der Waals surface area contributed by atoms with Gasteiger partial charge in [0.15, 0.2) is 0 Å². The minimum absolute atomic E-state index is 0.108. The van der Waals surface area contributed by atoms with Crippen molar-refractivity contribution >= 4 is 32.8 Å². The molecule has 0 atom stereocenters. The molecule has 0 spiro atoms. The Morgan fingerprint density at radius 2 is 1.33 bits per heavy atom. The Morgan fingerprint density at radius 3 is 2.05 bits per heavy atom. The van der Waals surface area contributed by atoms with Crippen LogP contribution in [0.4, 0.5) is 0 Å². The van der Waals surface area contributed by atoms with Crippen molar-refractivity contribution in [3.05, 3.63) is 188 Å². The molecule has 0 saturated carbocycles. The topological polar surface area (TPSA) is 61.6 Å². The highest BCUT2D eigenvalue weighted by Crippen LogP contribution is 2.38. The first kappa shape index (κ1) is 26.8. The van der Waals surface area contributed by atoms with E-state index in [0.717, 1.165) is 5.39 Å². The van der Waals surface area contributed by atoms with E-state index in [1.165, 1.54) is 0 Å². The lowest BCUT2D eigenvalue weighted by molar-refractivity contribution is -0.571. The SMILES string of the molecule is [2H]c1c([2H])c([2H])c(-c2cccc(-c3c([2H])c([2H])c([2H])c([2H])c3[2H])c2-[n+]2[c-]n(-c3ccnc(Oc4ccc5c6cnc(C([2H])([2H])C(C)(C)C)cc6n(-c6cc(C([2H])([2H])C(C)(C)C)ccn6)c5c4)c3)c3ccccc32)c([2H])c1[2H]. The predicted molar refractivity (Wildman–Crippen MR) is 255 cm³/mol. The Hall–Kier alpha value is -7.38. The average Bonchev–Trinajstić information content (AvgIpc) is 4.11. The molecule has 310 valence electrons. The zero-order valence-electron chi connectivity index (χ0n) is 49.5. The normalized spacial score (nSPS) is 15.7. The van der Waals surface area contributed by atoms with Gasteiger partial charge in [-0.15, -0.1) is 0 Å². The van der Waals surface area contributed by atoms with Gasteiger partial charge in [-0.05, 0) is 87.8 Å². The van der Waals surface area contributed by atoms with Gasteiger partial charge in [0.2, 0.25) is 5.88 Å². The Labute approximate surface area is 388 Å². The first-order valence-corrected chi connectivity index (χ1v) is 20.4. The zero-order chi connectivity index (χ0) is 55.6. The molecule has 5 aromatic heterocycles. The van der Waals surface area contributed by atoms with E-state index in [0.29, 0.717) is 50.3 Å². The second-order valence-corrected chi connectivity index (χ2v) is 17.2. The molecule has 0 bridgehead atoms. The zero-order valence-corrected chi connectivity index (χ0v) is 35.5. The molecule has 0 N–H and O–H groups in total. The van der Waals surface area contributed by atoms with E-state index in [4.69, 9.17) is 28.9 Å². The first-order chi connectivity index (χ1) is 36.1. The largest absolute Gasteiger partial charge is 0.440 e. The summed E-state index contributed by atoms with van der Waals surface area (Å²) in [5.41, 5.74) is 1.80. The van der Waals surface area contributed by atoms with Crippen molar-refractivity contribution in [2.45, 2.75) is 54.3 Å². The maximum absolute atomic E-state index is 9.12. The third-order valence-corrected chi connectivity index (χ3v) is 10.2. The molecular weight excluding hydrogens is 773 g/mol. The van der Waals surface area contributed by atoms with Crippen LogP contribution in [0, 0.1) is 17.2 Å². The van der Waals surface area contributed by atoms with Gasteiger partial charge in [-0.1, -0.05) is 144 Å². The number of hydrogen-bond donors (Lipinski definition) is 0. The number of imidazole rings is 1. The standard InChI is InChI=1S/C56H50N6O/c1-55(2,3)34-38-26-28-57-52(30-38)62-50-31-41(35-56(4,5)6)59-36-47(50)46-25-24-43(33-51(46)62)63-53-32-42(27-29-58-53)60-37-61(49-23-14-13-22-48(49)60)54-44(39-16-9-7-10-17-39)20-15-21-45(54)40-18-11-8-12-19-40/h7-33,36H,34-35H2,1-6H3/i7D,8D,9D,10D,11D,12D,16D,17D,18D,19D,34D2,35D2. The van der Waals surface area contributed by atoms with Crippen LogP contribution in [0.1, 0.15) is 72.0 Å². The van der Waals surface area contributed by atoms with Crippen LogP contribution in [0.2, 0.25) is 0 Å². The third kappa shape index (κ3) is 7.99. The van der Waals surface area contributed by atoms with E-state index in [2.05, 4.69) is 16.3 Å². The molecule has 10 aromatic rings. The monoisotopic (exact) mass is 836 g/mol. The van der Waals surface area contributed by atoms with Crippen LogP contribution < -0.4 is 9.30 Å². The van der Waals surface area contributed by atoms with Crippen LogP contribution in [0.25, 0.3) is 72.3 Å². The van der Waals surface area contributed by atoms with E-state index < -0.39 is 84.0 Å². The summed E-state index contributed by atoms with van der Waals surface area (Å²) in [5.74, 6) is 0.910. The molecule has 0 aliphatic carbocycles. The Morgan fingerprint density at radius 1 is 0.651 bits per heavy atom. The molecule has 0 amide bonds. The summed E-state index contributed by atoms with van der Waals surface area (Å²) in [6.45, 7) is 10.9. The second kappa shape index (κ2) is 15.8. The van der Waals surface area contributed by atoms with Crippen molar-refractivity contribution in [3.8, 4) is 51.1 Å². The number of nitrogens with zero attached hydrogens (tertiary/aromatic N) is 6. The fraction of sp³-hybridized carbons (Fsp3) is 0.179. The lowest BCUT2D eigenvalue weighted by Crippen LogP contribution is -2.31. The summed E-state index contributed by atoms with van der Waals surface area (Å²) in [6.07, 6.45) is 4.54. The molecular formula is C56H50N6O. The van der Waals surface area contributed by atoms with E-state index in [-0.39, 0.29) is 39.5 Å². The van der Waals surface area contributed by atoms with E-state index in [1.54, 1.807) is 107 Å². The molecule has 0 unspecified atom stereocenters. The van der Waals surface area contributed by atoms with Crippen LogP contribution in [-0.2, 0) is 12.7 Å². The van der Waals surface area contributed by atoms with E-state index in [9.17, 15) is 0 Å². The number of fused-ring (bicyclic) bond motifs is 4. The molecule has 5 heterocycles. The molecule has 5 aromatic carbocycles. The van der Waals surface area contributed by atoms with E-state index in [1.807, 2.05) is 58.2 Å². The number of pyridine rings is 3. The van der Waals surface area contributed by atoms with Crippen molar-refractivity contribution in [2.24, 2.45) is 10.8 Å². The summed E-state index contributed by atoms with van der Waals surface area (Å²) in [7, 11) is 0. The molecule has 0 saturated heterocycles. The number of hydrogen-bond acceptors (Lipinski definition) is 4. The number of ether oxygens (including phenoxy) is 1. The van der Waals surface area contributed by atoms with Crippen LogP contribution in [0.5, 0.6) is 11.6 Å². The fourth-order valence-electron chi connectivity index (χ4n) is 7.79. The summed E-state index contributed by atoms with van der Waals surface area (Å²) in [5, 5.41) is 1.46. The number of para-hydroxylation sites is 3. The van der Waals surface area contributed by atoms with Crippen molar-refractivity contribution in [3.63, 3.8) is 0 Å². The van der Waals surface area contributed by atoms with Crippen molar-refractivity contribution < 1.29 is 28.5 Å². The third-order valence-electron chi connectivity index (χ3n) is 10.2. The first-order valence-electron chi connectivity index (χ1n) is 27.4. The molecule has 63 heavy (non-hydrogen) atoms. The number of rotatable bonds is 9. The molecule has 0 fully saturated rings. The van der Waals surface area contributed by atoms with Crippen molar-refractivity contribution in [1.29, 1.82) is 0 Å². The van der Waals surface area contributed by atoms with Gasteiger partial charge in [0.05, 0.1) is 47.1 Å². The molecule has 7 heteroatoms. The van der Waals surface area contributed by atoms with Crippen LogP contribution >= 0.6 is 0 Å². The van der Waals surface area contributed by atoms with Gasteiger partial charge in [0.25, 0.3) is 6.33 Å². The maximum Gasteiger partial charge on any atom is 0.269 e. The minimum atomic E-state index is -1.84. The fourth-order valence-corrected chi connectivity index (χ4v) is 7.79. The average molecular weight is 837 g/mol. The van der Waals surface area contributed by atoms with Gasteiger partial charge < -0.3 is 4.74 Å².